The Bertz CT molecular complexity index is 1390. The van der Waals surface area contributed by atoms with Crippen LogP contribution in [0.3, 0.4) is 0 Å². The minimum absolute atomic E-state index is 0.205. The third-order valence-electron chi connectivity index (χ3n) is 6.38. The summed E-state index contributed by atoms with van der Waals surface area (Å²) < 4.78 is 46.0. The van der Waals surface area contributed by atoms with Gasteiger partial charge in [-0.05, 0) is 65.5 Å². The lowest BCUT2D eigenvalue weighted by Gasteiger charge is -2.20. The maximum Gasteiger partial charge on any atom is 0.430 e. The maximum absolute atomic E-state index is 13.3. The average Bonchev–Trinajstić information content (AvgIpc) is 3.76. The summed E-state index contributed by atoms with van der Waals surface area (Å²) in [5.41, 5.74) is 11.1. The van der Waals surface area contributed by atoms with Crippen LogP contribution in [0.15, 0.2) is 83.6 Å². The van der Waals surface area contributed by atoms with Crippen LogP contribution in [-0.4, -0.2) is 22.8 Å². The maximum atomic E-state index is 13.3. The van der Waals surface area contributed by atoms with Gasteiger partial charge in [0, 0.05) is 24.5 Å². The first kappa shape index (κ1) is 29.2. The van der Waals surface area contributed by atoms with Gasteiger partial charge in [0.15, 0.2) is 0 Å². The van der Waals surface area contributed by atoms with E-state index in [2.05, 4.69) is 24.5 Å². The molecule has 0 saturated heterocycles. The number of amides is 1. The summed E-state index contributed by atoms with van der Waals surface area (Å²) >= 11 is 0. The number of nitrogens with two attached hydrogens (primary N) is 2. The normalized spacial score (nSPS) is 15.0. The number of anilines is 1. The number of carbonyl (C=O) groups is 1. The highest BCUT2D eigenvalue weighted by Gasteiger charge is 2.32. The summed E-state index contributed by atoms with van der Waals surface area (Å²) in [7, 11) is 2.52. The van der Waals surface area contributed by atoms with Gasteiger partial charge in [0.25, 0.3) is 5.91 Å². The van der Waals surface area contributed by atoms with Crippen LogP contribution in [0.4, 0.5) is 24.5 Å². The summed E-state index contributed by atoms with van der Waals surface area (Å²) in [6, 6.07) is 17.4. The fraction of sp³-hybridized carbons (Fsp3) is 0.276. The molecule has 1 aromatic heterocycles. The number of allylic oxidation sites excluding steroid dienone is 1. The van der Waals surface area contributed by atoms with Crippen molar-refractivity contribution in [3.63, 3.8) is 0 Å². The number of rotatable bonds is 11. The number of pyridine rings is 1. The van der Waals surface area contributed by atoms with Gasteiger partial charge in [-0.15, -0.1) is 9.24 Å². The summed E-state index contributed by atoms with van der Waals surface area (Å²) in [5.74, 6) is 0.300. The predicted octanol–water partition coefficient (Wildman–Crippen LogP) is 5.47. The van der Waals surface area contributed by atoms with Gasteiger partial charge in [-0.2, -0.15) is 13.2 Å². The van der Waals surface area contributed by atoms with Crippen LogP contribution in [0, 0.1) is 5.92 Å². The van der Waals surface area contributed by atoms with E-state index in [0.717, 1.165) is 18.4 Å². The van der Waals surface area contributed by atoms with Gasteiger partial charge in [0.2, 0.25) is 5.88 Å². The fourth-order valence-corrected chi connectivity index (χ4v) is 4.24. The van der Waals surface area contributed by atoms with Gasteiger partial charge in [0.1, 0.15) is 17.5 Å². The fourth-order valence-electron chi connectivity index (χ4n) is 3.99. The predicted molar refractivity (Wildman–Crippen MR) is 154 cm³/mol. The van der Waals surface area contributed by atoms with Crippen LogP contribution in [0.1, 0.15) is 42.9 Å². The van der Waals surface area contributed by atoms with Crippen molar-refractivity contribution in [2.75, 3.05) is 5.32 Å². The number of ether oxygens (including phenoxy) is 1. The van der Waals surface area contributed by atoms with Gasteiger partial charge >= 0.3 is 6.18 Å². The van der Waals surface area contributed by atoms with Crippen molar-refractivity contribution < 1.29 is 22.7 Å². The molecule has 2 unspecified atom stereocenters. The first-order valence-electron chi connectivity index (χ1n) is 12.8. The quantitative estimate of drug-likeness (QED) is 0.209. The molecule has 0 spiro atoms. The standard InChI is InChI=1S/C29H31F3N5O2P/c30-29(31,32)26(34)16-23(36-21-5-3-4-19(14-21)17-33)28(38)37-22-15-20(10-12-25(22)40)24(11-9-18-7-8-18)39-27-6-1-2-13-35-27/h1-6,10,12-16,18,24H,7-9,11,17,33-34,40H2,(H,37,38). The molecule has 1 aliphatic rings. The largest absolute Gasteiger partial charge is 0.469 e. The number of carbonyl (C=O) groups excluding carboxylic acids is 1. The Labute approximate surface area is 233 Å². The minimum Gasteiger partial charge on any atom is -0.469 e. The molecular formula is C29H31F3N5O2P. The van der Waals surface area contributed by atoms with E-state index in [1.54, 1.807) is 54.7 Å². The van der Waals surface area contributed by atoms with Gasteiger partial charge in [-0.25, -0.2) is 9.98 Å². The Morgan fingerprint density at radius 3 is 2.65 bits per heavy atom. The average molecular weight is 570 g/mol. The van der Waals surface area contributed by atoms with Gasteiger partial charge < -0.3 is 21.5 Å². The number of nitrogens with one attached hydrogen (secondary N) is 1. The zero-order valence-corrected chi connectivity index (χ0v) is 22.9. The second-order valence-corrected chi connectivity index (χ2v) is 10.2. The molecule has 3 aromatic rings. The molecule has 0 radical (unpaired) electrons. The first-order valence-corrected chi connectivity index (χ1v) is 13.4. The number of aromatic nitrogens is 1. The molecule has 2 atom stereocenters. The van der Waals surface area contributed by atoms with E-state index >= 15 is 0 Å². The molecule has 11 heteroatoms. The van der Waals surface area contributed by atoms with Gasteiger partial charge in [-0.1, -0.05) is 43.2 Å². The molecule has 1 fully saturated rings. The number of nitrogens with zero attached hydrogens (tertiary/aromatic N) is 2. The molecule has 1 aliphatic carbocycles. The summed E-state index contributed by atoms with van der Waals surface area (Å²) in [6.45, 7) is 0.205. The van der Waals surface area contributed by atoms with Crippen molar-refractivity contribution in [3.05, 3.63) is 89.8 Å². The third-order valence-corrected chi connectivity index (χ3v) is 6.88. The molecule has 1 amide bonds. The Morgan fingerprint density at radius 1 is 1.18 bits per heavy atom. The number of benzene rings is 2. The second kappa shape index (κ2) is 13.1. The van der Waals surface area contributed by atoms with Crippen molar-refractivity contribution in [2.45, 2.75) is 44.5 Å². The van der Waals surface area contributed by atoms with Crippen LogP contribution >= 0.6 is 9.24 Å². The molecule has 1 heterocycles. The molecule has 0 bridgehead atoms. The Hall–Kier alpha value is -3.75. The Morgan fingerprint density at radius 2 is 1.98 bits per heavy atom. The van der Waals surface area contributed by atoms with E-state index < -0.39 is 23.5 Å². The lowest BCUT2D eigenvalue weighted by molar-refractivity contribution is -0.110. The monoisotopic (exact) mass is 569 g/mol. The van der Waals surface area contributed by atoms with E-state index in [0.29, 0.717) is 34.4 Å². The molecule has 5 N–H and O–H groups in total. The van der Waals surface area contributed by atoms with Crippen LogP contribution in [0.5, 0.6) is 5.88 Å². The van der Waals surface area contributed by atoms with Crippen molar-refractivity contribution >= 4 is 37.5 Å². The molecule has 4 rings (SSSR count). The van der Waals surface area contributed by atoms with E-state index in [4.69, 9.17) is 16.2 Å². The van der Waals surface area contributed by atoms with Gasteiger partial charge in [0.05, 0.1) is 5.69 Å². The van der Waals surface area contributed by atoms with Crippen molar-refractivity contribution in [2.24, 2.45) is 22.4 Å². The SMILES string of the molecule is NCc1cccc(N=C(C=C(N)C(F)(F)F)C(=O)Nc2cc(C(CCC3CC3)Oc3ccccn3)ccc2P)c1. The number of halogens is 3. The first-order chi connectivity index (χ1) is 19.1. The lowest BCUT2D eigenvalue weighted by atomic mass is 10.0. The zero-order valence-electron chi connectivity index (χ0n) is 21.7. The van der Waals surface area contributed by atoms with E-state index in [-0.39, 0.29) is 18.3 Å². The molecule has 40 heavy (non-hydrogen) atoms. The molecule has 7 nitrogen and oxygen atoms in total. The van der Waals surface area contributed by atoms with E-state index in [9.17, 15) is 18.0 Å². The molecule has 210 valence electrons. The number of alkyl halides is 3. The third kappa shape index (κ3) is 8.37. The topological polar surface area (TPSA) is 116 Å². The highest BCUT2D eigenvalue weighted by atomic mass is 31.0. The molecule has 2 aromatic carbocycles. The van der Waals surface area contributed by atoms with Crippen LogP contribution in [-0.2, 0) is 11.3 Å². The second-order valence-electron chi connectivity index (χ2n) is 9.56. The zero-order chi connectivity index (χ0) is 28.7. The van der Waals surface area contributed by atoms with Crippen LogP contribution < -0.4 is 26.8 Å². The Balaban J connectivity index is 1.63. The van der Waals surface area contributed by atoms with Crippen LogP contribution in [0.2, 0.25) is 0 Å². The van der Waals surface area contributed by atoms with Crippen molar-refractivity contribution in [1.29, 1.82) is 0 Å². The Kier molecular flexibility index (Phi) is 9.55. The number of hydrogen-bond acceptors (Lipinski definition) is 6. The van der Waals surface area contributed by atoms with E-state index in [1.807, 2.05) is 12.1 Å². The number of aliphatic imine (C=N–C) groups is 1. The highest BCUT2D eigenvalue weighted by molar-refractivity contribution is 7.28. The summed E-state index contributed by atoms with van der Waals surface area (Å²) in [4.78, 5) is 21.7. The molecular weight excluding hydrogens is 538 g/mol. The van der Waals surface area contributed by atoms with Gasteiger partial charge in [-0.3, -0.25) is 4.79 Å². The van der Waals surface area contributed by atoms with E-state index in [1.165, 1.54) is 12.8 Å². The number of hydrogen-bond donors (Lipinski definition) is 3. The molecule has 1 saturated carbocycles. The summed E-state index contributed by atoms with van der Waals surface area (Å²) in [6.07, 6.45) is 1.16. The minimum atomic E-state index is -4.83. The van der Waals surface area contributed by atoms with Crippen LogP contribution in [0.25, 0.3) is 0 Å². The van der Waals surface area contributed by atoms with Crippen molar-refractivity contribution in [1.82, 2.24) is 4.98 Å². The highest BCUT2D eigenvalue weighted by Crippen LogP contribution is 2.37. The molecule has 0 aliphatic heterocycles. The lowest BCUT2D eigenvalue weighted by Crippen LogP contribution is -2.27. The smallest absolute Gasteiger partial charge is 0.430 e. The summed E-state index contributed by atoms with van der Waals surface area (Å²) in [5, 5.41) is 3.33. The van der Waals surface area contributed by atoms with Crippen molar-refractivity contribution in [3.8, 4) is 5.88 Å².